The van der Waals surface area contributed by atoms with Crippen LogP contribution in [-0.2, 0) is 19.3 Å². The molecule has 5 nitrogen and oxygen atoms in total. The Hall–Kier alpha value is -2.13. The maximum atomic E-state index is 12.7. The predicted octanol–water partition coefficient (Wildman–Crippen LogP) is 4.19. The number of hydrogen-bond donors (Lipinski definition) is 2. The predicted molar refractivity (Wildman–Crippen MR) is 115 cm³/mol. The number of nitrogens with zero attached hydrogens (tertiary/aromatic N) is 3. The molecule has 0 atom stereocenters. The van der Waals surface area contributed by atoms with Crippen molar-refractivity contribution in [3.8, 4) is 0 Å². The molecular weight excluding hydrogens is 411 g/mol. The maximum absolute atomic E-state index is 12.7. The van der Waals surface area contributed by atoms with Gasteiger partial charge in [0, 0.05) is 37.6 Å². The standard InChI is InChI=1S/C21H28F3N5S/c1-3-25-20(26-12-19-28-18(14-30-19)21(22,23)24)27-17-8-10-29(11-9-17)13-16-7-5-4-6-15(16)2/h4-7,14,17H,3,8-13H2,1-2H3,(H2,25,26,27). The van der Waals surface area contributed by atoms with Crippen molar-refractivity contribution in [1.82, 2.24) is 20.5 Å². The molecule has 3 rings (SSSR count). The Balaban J connectivity index is 1.51. The van der Waals surface area contributed by atoms with Crippen LogP contribution in [0.4, 0.5) is 13.2 Å². The summed E-state index contributed by atoms with van der Waals surface area (Å²) in [5, 5.41) is 7.99. The minimum Gasteiger partial charge on any atom is -0.357 e. The lowest BCUT2D eigenvalue weighted by molar-refractivity contribution is -0.140. The van der Waals surface area contributed by atoms with Gasteiger partial charge in [0.05, 0.1) is 6.54 Å². The second-order valence-corrected chi connectivity index (χ2v) is 8.38. The number of benzene rings is 1. The third kappa shape index (κ3) is 6.43. The number of thiazole rings is 1. The van der Waals surface area contributed by atoms with Crippen molar-refractivity contribution in [3.63, 3.8) is 0 Å². The average Bonchev–Trinajstić information content (AvgIpc) is 3.19. The fourth-order valence-corrected chi connectivity index (χ4v) is 4.16. The van der Waals surface area contributed by atoms with Crippen LogP contribution in [0.25, 0.3) is 0 Å². The van der Waals surface area contributed by atoms with Gasteiger partial charge in [-0.1, -0.05) is 24.3 Å². The van der Waals surface area contributed by atoms with E-state index in [4.69, 9.17) is 0 Å². The molecule has 2 N–H and O–H groups in total. The highest BCUT2D eigenvalue weighted by Gasteiger charge is 2.33. The highest BCUT2D eigenvalue weighted by Crippen LogP contribution is 2.30. The lowest BCUT2D eigenvalue weighted by atomic mass is 10.0. The van der Waals surface area contributed by atoms with Crippen molar-refractivity contribution in [3.05, 3.63) is 51.5 Å². The van der Waals surface area contributed by atoms with Gasteiger partial charge in [-0.3, -0.25) is 4.90 Å². The minimum absolute atomic E-state index is 0.127. The smallest absolute Gasteiger partial charge is 0.357 e. The zero-order valence-corrected chi connectivity index (χ0v) is 18.1. The van der Waals surface area contributed by atoms with Crippen molar-refractivity contribution in [2.75, 3.05) is 19.6 Å². The van der Waals surface area contributed by atoms with E-state index < -0.39 is 11.9 Å². The molecular formula is C21H28F3N5S. The monoisotopic (exact) mass is 439 g/mol. The lowest BCUT2D eigenvalue weighted by Gasteiger charge is -2.33. The fourth-order valence-electron chi connectivity index (χ4n) is 3.44. The van der Waals surface area contributed by atoms with Crippen LogP contribution >= 0.6 is 11.3 Å². The van der Waals surface area contributed by atoms with Gasteiger partial charge < -0.3 is 10.6 Å². The number of nitrogens with one attached hydrogen (secondary N) is 2. The molecule has 164 valence electrons. The molecule has 0 spiro atoms. The van der Waals surface area contributed by atoms with E-state index in [1.165, 1.54) is 11.1 Å². The van der Waals surface area contributed by atoms with Gasteiger partial charge >= 0.3 is 6.18 Å². The molecule has 1 aliphatic heterocycles. The summed E-state index contributed by atoms with van der Waals surface area (Å²) in [6.45, 7) is 7.86. The largest absolute Gasteiger partial charge is 0.434 e. The second kappa shape index (κ2) is 10.3. The Bertz CT molecular complexity index is 841. The molecule has 1 aromatic heterocycles. The Morgan fingerprint density at radius 3 is 2.63 bits per heavy atom. The molecule has 0 aliphatic carbocycles. The van der Waals surface area contributed by atoms with Gasteiger partial charge in [0.15, 0.2) is 11.7 Å². The zero-order chi connectivity index (χ0) is 21.6. The van der Waals surface area contributed by atoms with Gasteiger partial charge in [-0.25, -0.2) is 9.98 Å². The van der Waals surface area contributed by atoms with Crippen molar-refractivity contribution >= 4 is 17.3 Å². The Labute approximate surface area is 179 Å². The number of piperidine rings is 1. The van der Waals surface area contributed by atoms with Crippen LogP contribution < -0.4 is 10.6 Å². The van der Waals surface area contributed by atoms with E-state index in [0.717, 1.165) is 49.2 Å². The molecule has 2 aromatic rings. The molecule has 0 unspecified atom stereocenters. The lowest BCUT2D eigenvalue weighted by Crippen LogP contribution is -2.48. The van der Waals surface area contributed by atoms with Crippen LogP contribution in [0.1, 0.15) is 41.6 Å². The molecule has 1 aliphatic rings. The summed E-state index contributed by atoms with van der Waals surface area (Å²) in [6, 6.07) is 8.75. The first-order valence-electron chi connectivity index (χ1n) is 10.2. The van der Waals surface area contributed by atoms with E-state index in [1.807, 2.05) is 6.92 Å². The maximum Gasteiger partial charge on any atom is 0.434 e. The minimum atomic E-state index is -4.41. The van der Waals surface area contributed by atoms with Crippen LogP contribution in [0.2, 0.25) is 0 Å². The topological polar surface area (TPSA) is 52.6 Å². The molecule has 0 radical (unpaired) electrons. The Morgan fingerprint density at radius 2 is 2.00 bits per heavy atom. The summed E-state index contributed by atoms with van der Waals surface area (Å²) < 4.78 is 38.1. The number of aromatic nitrogens is 1. The SMILES string of the molecule is CCNC(=NCc1nc(C(F)(F)F)cs1)NC1CCN(Cc2ccccc2C)CC1. The number of likely N-dealkylation sites (tertiary alicyclic amines) is 1. The number of hydrogen-bond acceptors (Lipinski definition) is 4. The summed E-state index contributed by atoms with van der Waals surface area (Å²) in [5.74, 6) is 0.624. The normalized spacial score (nSPS) is 16.6. The van der Waals surface area contributed by atoms with Gasteiger partial charge in [-0.2, -0.15) is 13.2 Å². The van der Waals surface area contributed by atoms with Gasteiger partial charge in [-0.15, -0.1) is 11.3 Å². The highest BCUT2D eigenvalue weighted by atomic mass is 32.1. The fraction of sp³-hybridized carbons (Fsp3) is 0.524. The first-order chi connectivity index (χ1) is 14.3. The molecule has 1 saturated heterocycles. The third-order valence-corrected chi connectivity index (χ3v) is 5.98. The van der Waals surface area contributed by atoms with Crippen molar-refractivity contribution in [2.45, 2.75) is 52.0 Å². The van der Waals surface area contributed by atoms with Crippen LogP contribution in [0.5, 0.6) is 0 Å². The van der Waals surface area contributed by atoms with Crippen LogP contribution in [-0.4, -0.2) is 41.5 Å². The zero-order valence-electron chi connectivity index (χ0n) is 17.3. The van der Waals surface area contributed by atoms with E-state index in [9.17, 15) is 13.2 Å². The van der Waals surface area contributed by atoms with Gasteiger partial charge in [0.1, 0.15) is 5.01 Å². The number of alkyl halides is 3. The summed E-state index contributed by atoms with van der Waals surface area (Å²) in [7, 11) is 0. The van der Waals surface area contributed by atoms with Gasteiger partial charge in [0.2, 0.25) is 0 Å². The third-order valence-electron chi connectivity index (χ3n) is 5.14. The van der Waals surface area contributed by atoms with Gasteiger partial charge in [0.25, 0.3) is 0 Å². The number of rotatable bonds is 6. The van der Waals surface area contributed by atoms with Crippen molar-refractivity contribution < 1.29 is 13.2 Å². The summed E-state index contributed by atoms with van der Waals surface area (Å²) in [6.07, 6.45) is -2.43. The molecule has 0 bridgehead atoms. The first-order valence-corrected chi connectivity index (χ1v) is 11.1. The molecule has 1 aromatic carbocycles. The summed E-state index contributed by atoms with van der Waals surface area (Å²) in [4.78, 5) is 10.5. The molecule has 0 saturated carbocycles. The molecule has 2 heterocycles. The van der Waals surface area contributed by atoms with Crippen molar-refractivity contribution in [1.29, 1.82) is 0 Å². The Morgan fingerprint density at radius 1 is 1.27 bits per heavy atom. The van der Waals surface area contributed by atoms with Crippen molar-refractivity contribution in [2.24, 2.45) is 4.99 Å². The summed E-state index contributed by atoms with van der Waals surface area (Å²) in [5.41, 5.74) is 1.83. The highest BCUT2D eigenvalue weighted by molar-refractivity contribution is 7.09. The second-order valence-electron chi connectivity index (χ2n) is 7.44. The number of aliphatic imine (C=N–C) groups is 1. The average molecular weight is 440 g/mol. The number of aryl methyl sites for hydroxylation is 1. The van der Waals surface area contributed by atoms with E-state index in [-0.39, 0.29) is 12.6 Å². The van der Waals surface area contributed by atoms with E-state index in [1.54, 1.807) is 0 Å². The number of halogens is 3. The molecule has 1 fully saturated rings. The van der Waals surface area contributed by atoms with Crippen LogP contribution in [0.3, 0.4) is 0 Å². The first kappa shape index (κ1) is 22.6. The molecule has 30 heavy (non-hydrogen) atoms. The van der Waals surface area contributed by atoms with Crippen LogP contribution in [0, 0.1) is 6.92 Å². The van der Waals surface area contributed by atoms with E-state index in [0.29, 0.717) is 17.5 Å². The van der Waals surface area contributed by atoms with E-state index >= 15 is 0 Å². The number of guanidine groups is 1. The molecule has 0 amide bonds. The van der Waals surface area contributed by atoms with Crippen LogP contribution in [0.15, 0.2) is 34.6 Å². The summed E-state index contributed by atoms with van der Waals surface area (Å²) >= 11 is 0.984. The quantitative estimate of drug-likeness (QED) is 0.524. The Kier molecular flexibility index (Phi) is 7.71. The van der Waals surface area contributed by atoms with E-state index in [2.05, 4.69) is 56.7 Å². The molecule has 9 heteroatoms. The van der Waals surface area contributed by atoms with Gasteiger partial charge in [-0.05, 0) is 37.8 Å².